The van der Waals surface area contributed by atoms with E-state index in [-0.39, 0.29) is 6.07 Å². The molecular weight excluding hydrogens is 519 g/mol. The molecule has 7 nitrogen and oxygen atoms in total. The SMILES string of the molecule is C[C@@H]1[C@@H](c2cc(C(F)(F)F)cc(C(F)(F)F)c2)OC(=O)N1Cc1cc(OC(F)(F)F)ccc1[N+](=O)[O-]. The van der Waals surface area contributed by atoms with Crippen molar-refractivity contribution in [1.82, 2.24) is 4.90 Å². The first-order valence-corrected chi connectivity index (χ1v) is 9.66. The Labute approximate surface area is 195 Å². The topological polar surface area (TPSA) is 81.9 Å². The lowest BCUT2D eigenvalue weighted by Crippen LogP contribution is -2.31. The van der Waals surface area contributed by atoms with Gasteiger partial charge in [-0.1, -0.05) is 0 Å². The number of alkyl halides is 9. The lowest BCUT2D eigenvalue weighted by Gasteiger charge is -2.22. The number of carbonyl (C=O) groups excluding carboxylic acids is 1. The maximum atomic E-state index is 13.2. The van der Waals surface area contributed by atoms with E-state index < -0.39 is 82.1 Å². The summed E-state index contributed by atoms with van der Waals surface area (Å²) >= 11 is 0. The first-order chi connectivity index (χ1) is 16.4. The van der Waals surface area contributed by atoms with E-state index in [1.54, 1.807) is 0 Å². The van der Waals surface area contributed by atoms with Crippen molar-refractivity contribution >= 4 is 11.8 Å². The van der Waals surface area contributed by atoms with Crippen molar-refractivity contribution in [2.24, 2.45) is 0 Å². The van der Waals surface area contributed by atoms with Crippen LogP contribution in [0.1, 0.15) is 35.3 Å². The van der Waals surface area contributed by atoms with Crippen molar-refractivity contribution < 1.29 is 58.7 Å². The molecule has 1 aliphatic rings. The van der Waals surface area contributed by atoms with E-state index in [0.717, 1.165) is 4.90 Å². The van der Waals surface area contributed by atoms with Crippen LogP contribution in [0.15, 0.2) is 36.4 Å². The second-order valence-electron chi connectivity index (χ2n) is 7.61. The lowest BCUT2D eigenvalue weighted by atomic mass is 9.97. The number of rotatable bonds is 5. The maximum absolute atomic E-state index is 13.2. The molecule has 0 saturated carbocycles. The van der Waals surface area contributed by atoms with Gasteiger partial charge in [0.15, 0.2) is 0 Å². The fourth-order valence-corrected chi connectivity index (χ4v) is 3.55. The Bertz CT molecular complexity index is 1150. The fourth-order valence-electron chi connectivity index (χ4n) is 3.55. The largest absolute Gasteiger partial charge is 0.573 e. The van der Waals surface area contributed by atoms with Crippen molar-refractivity contribution in [3.05, 3.63) is 68.8 Å². The second kappa shape index (κ2) is 9.05. The Hall–Kier alpha value is -3.72. The lowest BCUT2D eigenvalue weighted by molar-refractivity contribution is -0.385. The minimum absolute atomic E-state index is 0.113. The zero-order chi connectivity index (χ0) is 27.2. The first-order valence-electron chi connectivity index (χ1n) is 9.66. The normalized spacial score (nSPS) is 18.8. The molecule has 0 unspecified atom stereocenters. The van der Waals surface area contributed by atoms with Crippen molar-refractivity contribution in [2.75, 3.05) is 0 Å². The van der Waals surface area contributed by atoms with Crippen LogP contribution in [-0.2, 0) is 23.6 Å². The number of amides is 1. The minimum Gasteiger partial charge on any atom is -0.439 e. The smallest absolute Gasteiger partial charge is 0.439 e. The summed E-state index contributed by atoms with van der Waals surface area (Å²) < 4.78 is 125. The van der Waals surface area contributed by atoms with Crippen molar-refractivity contribution in [3.63, 3.8) is 0 Å². The molecule has 16 heteroatoms. The molecule has 0 N–H and O–H groups in total. The molecular formula is C20H13F9N2O5. The Morgan fingerprint density at radius 1 is 0.972 bits per heavy atom. The highest BCUT2D eigenvalue weighted by molar-refractivity contribution is 5.71. The van der Waals surface area contributed by atoms with Crippen molar-refractivity contribution in [2.45, 2.75) is 44.3 Å². The van der Waals surface area contributed by atoms with E-state index in [9.17, 15) is 54.4 Å². The molecule has 2 aromatic rings. The van der Waals surface area contributed by atoms with Gasteiger partial charge in [-0.05, 0) is 42.8 Å². The summed E-state index contributed by atoms with van der Waals surface area (Å²) in [6.07, 6.45) is -18.4. The highest BCUT2D eigenvalue weighted by atomic mass is 19.4. The molecule has 2 atom stereocenters. The molecule has 1 fully saturated rings. The summed E-state index contributed by atoms with van der Waals surface area (Å²) in [6.45, 7) is 0.429. The molecule has 0 aromatic heterocycles. The summed E-state index contributed by atoms with van der Waals surface area (Å²) in [6, 6.07) is 1.33. The molecule has 2 aromatic carbocycles. The number of carbonyl (C=O) groups is 1. The van der Waals surface area contributed by atoms with Crippen LogP contribution in [0.5, 0.6) is 5.75 Å². The van der Waals surface area contributed by atoms with Crippen LogP contribution in [0.3, 0.4) is 0 Å². The third-order valence-corrected chi connectivity index (χ3v) is 5.15. The molecule has 1 aliphatic heterocycles. The number of nitro groups is 1. The predicted octanol–water partition coefficient (Wildman–Crippen LogP) is 6.61. The van der Waals surface area contributed by atoms with Crippen LogP contribution in [0.4, 0.5) is 50.0 Å². The quantitative estimate of drug-likeness (QED) is 0.246. The Morgan fingerprint density at radius 2 is 1.53 bits per heavy atom. The van der Waals surface area contributed by atoms with Gasteiger partial charge in [0, 0.05) is 6.07 Å². The van der Waals surface area contributed by atoms with Gasteiger partial charge in [-0.15, -0.1) is 13.2 Å². The third-order valence-electron chi connectivity index (χ3n) is 5.15. The summed E-state index contributed by atoms with van der Waals surface area (Å²) in [5.74, 6) is -0.854. The Kier molecular flexibility index (Phi) is 6.76. The zero-order valence-corrected chi connectivity index (χ0v) is 17.7. The molecule has 0 aliphatic carbocycles. The van der Waals surface area contributed by atoms with Gasteiger partial charge >= 0.3 is 24.8 Å². The molecule has 1 amide bonds. The summed E-state index contributed by atoms with van der Waals surface area (Å²) in [5.41, 5.74) is -5.12. The monoisotopic (exact) mass is 532 g/mol. The molecule has 196 valence electrons. The number of benzene rings is 2. The second-order valence-corrected chi connectivity index (χ2v) is 7.61. The van der Waals surface area contributed by atoms with Crippen LogP contribution in [-0.4, -0.2) is 28.3 Å². The van der Waals surface area contributed by atoms with Crippen molar-refractivity contribution in [3.8, 4) is 5.75 Å². The Balaban J connectivity index is 1.98. The summed E-state index contributed by atoms with van der Waals surface area (Å²) in [5, 5.41) is 11.3. The first kappa shape index (κ1) is 26.9. The number of halogens is 9. The highest BCUT2D eigenvalue weighted by Gasteiger charge is 2.44. The van der Waals surface area contributed by atoms with Crippen LogP contribution in [0.2, 0.25) is 0 Å². The van der Waals surface area contributed by atoms with E-state index in [1.165, 1.54) is 6.92 Å². The standard InChI is InChI=1S/C20H13F9N2O5/c1-9-16(10-4-12(18(21,22)23)7-13(5-10)19(24,25)26)35-17(32)30(9)8-11-6-14(36-20(27,28)29)2-3-15(11)31(33)34/h2-7,9,16H,8H2,1H3/t9-,16+/m1/s1. The van der Waals surface area contributed by atoms with Crippen molar-refractivity contribution in [1.29, 1.82) is 0 Å². The van der Waals surface area contributed by atoms with Gasteiger partial charge in [0.05, 0.1) is 34.2 Å². The van der Waals surface area contributed by atoms with E-state index in [1.807, 2.05) is 0 Å². The van der Waals surface area contributed by atoms with Gasteiger partial charge in [0.25, 0.3) is 5.69 Å². The summed E-state index contributed by atoms with van der Waals surface area (Å²) in [7, 11) is 0. The van der Waals surface area contributed by atoms with Crippen LogP contribution in [0.25, 0.3) is 0 Å². The molecule has 0 spiro atoms. The van der Waals surface area contributed by atoms with Gasteiger partial charge in [0.2, 0.25) is 0 Å². The van der Waals surface area contributed by atoms with Gasteiger partial charge in [0.1, 0.15) is 11.9 Å². The summed E-state index contributed by atoms with van der Waals surface area (Å²) in [4.78, 5) is 23.5. The van der Waals surface area contributed by atoms with E-state index in [2.05, 4.69) is 4.74 Å². The van der Waals surface area contributed by atoms with Gasteiger partial charge < -0.3 is 9.47 Å². The number of nitrogens with zero attached hydrogens (tertiary/aromatic N) is 2. The molecule has 3 rings (SSSR count). The highest BCUT2D eigenvalue weighted by Crippen LogP contribution is 2.41. The maximum Gasteiger partial charge on any atom is 0.573 e. The third kappa shape index (κ3) is 5.91. The van der Waals surface area contributed by atoms with Gasteiger partial charge in [-0.3, -0.25) is 15.0 Å². The predicted molar refractivity (Wildman–Crippen MR) is 100 cm³/mol. The number of cyclic esters (lactones) is 1. The average molecular weight is 532 g/mol. The van der Waals surface area contributed by atoms with Gasteiger partial charge in [-0.2, -0.15) is 26.3 Å². The van der Waals surface area contributed by atoms with Crippen LogP contribution in [0, 0.1) is 10.1 Å². The number of nitro benzene ring substituents is 1. The molecule has 1 saturated heterocycles. The Morgan fingerprint density at radius 3 is 2.00 bits per heavy atom. The fraction of sp³-hybridized carbons (Fsp3) is 0.350. The average Bonchev–Trinajstić information content (AvgIpc) is 2.99. The minimum atomic E-state index is -5.17. The van der Waals surface area contributed by atoms with E-state index >= 15 is 0 Å². The number of ether oxygens (including phenoxy) is 2. The number of hydrogen-bond donors (Lipinski definition) is 0. The van der Waals surface area contributed by atoms with E-state index in [0.29, 0.717) is 30.3 Å². The number of hydrogen-bond acceptors (Lipinski definition) is 5. The van der Waals surface area contributed by atoms with Gasteiger partial charge in [-0.25, -0.2) is 4.79 Å². The molecule has 1 heterocycles. The molecule has 0 radical (unpaired) electrons. The van der Waals surface area contributed by atoms with E-state index in [4.69, 9.17) is 4.74 Å². The zero-order valence-electron chi connectivity index (χ0n) is 17.7. The molecule has 0 bridgehead atoms. The molecule has 36 heavy (non-hydrogen) atoms. The van der Waals surface area contributed by atoms with Crippen LogP contribution < -0.4 is 4.74 Å². The van der Waals surface area contributed by atoms with Crippen LogP contribution >= 0.6 is 0 Å².